The molecule has 0 radical (unpaired) electrons. The van der Waals surface area contributed by atoms with Crippen LogP contribution in [0.15, 0.2) is 0 Å². The summed E-state index contributed by atoms with van der Waals surface area (Å²) in [4.78, 5) is 21.5. The van der Waals surface area contributed by atoms with E-state index in [9.17, 15) is 9.59 Å². The van der Waals surface area contributed by atoms with Gasteiger partial charge in [0.1, 0.15) is 6.61 Å². The third-order valence-electron chi connectivity index (χ3n) is 4.50. The molecule has 0 saturated carbocycles. The molecule has 0 bridgehead atoms. The van der Waals surface area contributed by atoms with E-state index in [4.69, 9.17) is 14.6 Å². The lowest BCUT2D eigenvalue weighted by molar-refractivity contribution is -0.145. The molecule has 0 atom stereocenters. The minimum absolute atomic E-state index is 0.0918. The van der Waals surface area contributed by atoms with Gasteiger partial charge < -0.3 is 14.6 Å². The smallest absolute Gasteiger partial charge is 0.305 e. The first-order valence-electron chi connectivity index (χ1n) is 12.2. The van der Waals surface area contributed by atoms with E-state index >= 15 is 0 Å². The summed E-state index contributed by atoms with van der Waals surface area (Å²) in [6, 6.07) is 0. The van der Waals surface area contributed by atoms with Crippen LogP contribution < -0.4 is 0 Å². The standard InChI is InChI=1S/C15H30O3.C10H20O2/c1-5-6-7-8-9-10-14(16)18-12-11-17-13-15(2,3)4;1-2-3-4-5-6-7-8-9-10(11)12/h5-13H2,1-4H3;2-9H2,1H3,(H,11,12). The van der Waals surface area contributed by atoms with Crippen LogP contribution >= 0.6 is 0 Å². The Morgan fingerprint density at radius 2 is 1.17 bits per heavy atom. The molecule has 0 aromatic rings. The predicted molar refractivity (Wildman–Crippen MR) is 125 cm³/mol. The maximum atomic E-state index is 11.4. The number of esters is 1. The minimum Gasteiger partial charge on any atom is -0.481 e. The molecule has 0 unspecified atom stereocenters. The van der Waals surface area contributed by atoms with E-state index in [1.807, 2.05) is 0 Å². The van der Waals surface area contributed by atoms with E-state index in [2.05, 4.69) is 34.6 Å². The average Bonchev–Trinajstić information content (AvgIpc) is 2.66. The van der Waals surface area contributed by atoms with Crippen molar-refractivity contribution in [1.82, 2.24) is 0 Å². The molecule has 0 spiro atoms. The molecule has 30 heavy (non-hydrogen) atoms. The molecule has 0 aromatic carbocycles. The zero-order valence-electron chi connectivity index (χ0n) is 20.6. The van der Waals surface area contributed by atoms with E-state index in [1.165, 1.54) is 51.4 Å². The summed E-state index contributed by atoms with van der Waals surface area (Å²) in [6.07, 6.45) is 15.0. The SMILES string of the molecule is CCCCCCCC(=O)OCCOCC(C)(C)C.CCCCCCCCCC(=O)O. The lowest BCUT2D eigenvalue weighted by Crippen LogP contribution is -2.18. The Labute approximate surface area is 186 Å². The Hall–Kier alpha value is -1.10. The topological polar surface area (TPSA) is 72.8 Å². The lowest BCUT2D eigenvalue weighted by atomic mass is 9.99. The Bertz CT molecular complexity index is 387. The fourth-order valence-electron chi connectivity index (χ4n) is 2.77. The van der Waals surface area contributed by atoms with Crippen molar-refractivity contribution in [2.75, 3.05) is 19.8 Å². The first-order valence-corrected chi connectivity index (χ1v) is 12.2. The maximum absolute atomic E-state index is 11.4. The van der Waals surface area contributed by atoms with Gasteiger partial charge >= 0.3 is 11.9 Å². The molecule has 0 fully saturated rings. The fraction of sp³-hybridized carbons (Fsp3) is 0.920. The monoisotopic (exact) mass is 430 g/mol. The summed E-state index contributed by atoms with van der Waals surface area (Å²) in [7, 11) is 0. The molecule has 0 rings (SSSR count). The zero-order valence-corrected chi connectivity index (χ0v) is 20.6. The predicted octanol–water partition coefficient (Wildman–Crippen LogP) is 7.16. The van der Waals surface area contributed by atoms with Crippen LogP contribution in [0.3, 0.4) is 0 Å². The van der Waals surface area contributed by atoms with Gasteiger partial charge in [0.15, 0.2) is 0 Å². The highest BCUT2D eigenvalue weighted by Crippen LogP contribution is 2.12. The summed E-state index contributed by atoms with van der Waals surface area (Å²) in [5.41, 5.74) is 0.170. The number of ether oxygens (including phenoxy) is 2. The minimum atomic E-state index is -0.663. The Morgan fingerprint density at radius 1 is 0.700 bits per heavy atom. The Balaban J connectivity index is 0. The molecular weight excluding hydrogens is 380 g/mol. The first-order chi connectivity index (χ1) is 14.2. The number of carboxylic acid groups (broad SMARTS) is 1. The molecule has 0 amide bonds. The number of aliphatic carboxylic acids is 1. The second-order valence-electron chi connectivity index (χ2n) is 9.26. The van der Waals surface area contributed by atoms with Crippen molar-refractivity contribution in [1.29, 1.82) is 0 Å². The van der Waals surface area contributed by atoms with Crippen LogP contribution in [-0.2, 0) is 19.1 Å². The van der Waals surface area contributed by atoms with Gasteiger partial charge in [-0.1, -0.05) is 98.8 Å². The normalized spacial score (nSPS) is 11.0. The molecule has 180 valence electrons. The third-order valence-corrected chi connectivity index (χ3v) is 4.50. The largest absolute Gasteiger partial charge is 0.481 e. The van der Waals surface area contributed by atoms with Crippen LogP contribution in [-0.4, -0.2) is 36.9 Å². The third kappa shape index (κ3) is 31.6. The van der Waals surface area contributed by atoms with Gasteiger partial charge in [0.2, 0.25) is 0 Å². The number of rotatable bonds is 18. The van der Waals surface area contributed by atoms with Gasteiger partial charge in [-0.3, -0.25) is 9.59 Å². The van der Waals surface area contributed by atoms with Crippen molar-refractivity contribution in [2.45, 2.75) is 125 Å². The van der Waals surface area contributed by atoms with E-state index in [0.717, 1.165) is 25.7 Å². The number of carbonyl (C=O) groups is 2. The summed E-state index contributed by atoms with van der Waals surface area (Å²) in [5.74, 6) is -0.755. The van der Waals surface area contributed by atoms with Crippen molar-refractivity contribution in [3.05, 3.63) is 0 Å². The summed E-state index contributed by atoms with van der Waals surface area (Å²) < 4.78 is 10.5. The molecule has 0 aliphatic rings. The Kier molecular flexibility index (Phi) is 23.4. The molecule has 1 N–H and O–H groups in total. The van der Waals surface area contributed by atoms with Gasteiger partial charge in [-0.05, 0) is 18.3 Å². The number of unbranched alkanes of at least 4 members (excludes halogenated alkanes) is 10. The van der Waals surface area contributed by atoms with Crippen LogP contribution in [0.25, 0.3) is 0 Å². The van der Waals surface area contributed by atoms with Gasteiger partial charge in [0.25, 0.3) is 0 Å². The lowest BCUT2D eigenvalue weighted by Gasteiger charge is -2.17. The molecule has 0 heterocycles. The van der Waals surface area contributed by atoms with Crippen molar-refractivity contribution < 1.29 is 24.2 Å². The molecule has 0 saturated heterocycles. The van der Waals surface area contributed by atoms with E-state index in [1.54, 1.807) is 0 Å². The van der Waals surface area contributed by atoms with Crippen LogP contribution in [0.5, 0.6) is 0 Å². The van der Waals surface area contributed by atoms with Crippen molar-refractivity contribution in [2.24, 2.45) is 5.41 Å². The van der Waals surface area contributed by atoms with Crippen molar-refractivity contribution in [3.63, 3.8) is 0 Å². The van der Waals surface area contributed by atoms with Crippen LogP contribution in [0.1, 0.15) is 125 Å². The van der Waals surface area contributed by atoms with Crippen LogP contribution in [0, 0.1) is 5.41 Å². The molecule has 5 heteroatoms. The first kappa shape index (κ1) is 31.1. The Morgan fingerprint density at radius 3 is 1.63 bits per heavy atom. The molecule has 0 aliphatic heterocycles. The number of carboxylic acids is 1. The van der Waals surface area contributed by atoms with Gasteiger partial charge in [-0.15, -0.1) is 0 Å². The highest BCUT2D eigenvalue weighted by Gasteiger charge is 2.10. The van der Waals surface area contributed by atoms with Gasteiger partial charge in [-0.2, -0.15) is 0 Å². The zero-order chi connectivity index (χ0) is 23.1. The number of hydrogen-bond acceptors (Lipinski definition) is 4. The van der Waals surface area contributed by atoms with Gasteiger partial charge in [0.05, 0.1) is 13.2 Å². The van der Waals surface area contributed by atoms with Crippen molar-refractivity contribution >= 4 is 11.9 Å². The van der Waals surface area contributed by atoms with Gasteiger partial charge in [-0.25, -0.2) is 0 Å². The molecule has 0 aromatic heterocycles. The highest BCUT2D eigenvalue weighted by molar-refractivity contribution is 5.69. The number of hydrogen-bond donors (Lipinski definition) is 1. The molecule has 0 aliphatic carbocycles. The van der Waals surface area contributed by atoms with E-state index < -0.39 is 5.97 Å². The summed E-state index contributed by atoms with van der Waals surface area (Å²) >= 11 is 0. The molecular formula is C25H50O5. The van der Waals surface area contributed by atoms with Gasteiger partial charge in [0, 0.05) is 12.8 Å². The summed E-state index contributed by atoms with van der Waals surface area (Å²) in [5, 5.41) is 8.35. The van der Waals surface area contributed by atoms with E-state index in [-0.39, 0.29) is 11.4 Å². The second kappa shape index (κ2) is 22.6. The number of carbonyl (C=O) groups excluding carboxylic acids is 1. The fourth-order valence-corrected chi connectivity index (χ4v) is 2.77. The quantitative estimate of drug-likeness (QED) is 0.184. The molecule has 5 nitrogen and oxygen atoms in total. The second-order valence-corrected chi connectivity index (χ2v) is 9.26. The highest BCUT2D eigenvalue weighted by atomic mass is 16.6. The van der Waals surface area contributed by atoms with Crippen molar-refractivity contribution in [3.8, 4) is 0 Å². The summed E-state index contributed by atoms with van der Waals surface area (Å²) in [6.45, 7) is 12.3. The maximum Gasteiger partial charge on any atom is 0.305 e. The van der Waals surface area contributed by atoms with E-state index in [0.29, 0.717) is 32.7 Å². The van der Waals surface area contributed by atoms with Crippen LogP contribution in [0.2, 0.25) is 0 Å². The van der Waals surface area contributed by atoms with Crippen LogP contribution in [0.4, 0.5) is 0 Å². The average molecular weight is 431 g/mol.